The van der Waals surface area contributed by atoms with Gasteiger partial charge in [0.2, 0.25) is 0 Å². The lowest BCUT2D eigenvalue weighted by atomic mass is 10.1. The molecule has 7 heteroatoms. The molecule has 0 saturated heterocycles. The number of carbonyl (C=O) groups excluding carboxylic acids is 1. The average molecular weight is 416 g/mol. The quantitative estimate of drug-likeness (QED) is 0.481. The molecule has 0 spiro atoms. The third-order valence-corrected chi connectivity index (χ3v) is 6.09. The van der Waals surface area contributed by atoms with Gasteiger partial charge in [-0.25, -0.2) is 9.67 Å². The molecule has 5 rings (SSSR count). The average Bonchev–Trinajstić information content (AvgIpc) is 3.32. The van der Waals surface area contributed by atoms with Crippen molar-refractivity contribution in [2.45, 2.75) is 32.1 Å². The van der Waals surface area contributed by atoms with Gasteiger partial charge < -0.3 is 0 Å². The Hall–Kier alpha value is -3.32. The number of pyridine rings is 1. The topological polar surface area (TPSA) is 72.7 Å². The summed E-state index contributed by atoms with van der Waals surface area (Å²) >= 11 is 1.41. The van der Waals surface area contributed by atoms with Gasteiger partial charge in [-0.1, -0.05) is 24.6 Å². The Morgan fingerprint density at radius 3 is 2.73 bits per heavy atom. The number of anilines is 1. The second kappa shape index (κ2) is 8.20. The zero-order chi connectivity index (χ0) is 20.3. The lowest BCUT2D eigenvalue weighted by Gasteiger charge is -2.06. The Kier molecular flexibility index (Phi) is 5.11. The van der Waals surface area contributed by atoms with Gasteiger partial charge >= 0.3 is 0 Å². The Morgan fingerprint density at radius 1 is 1.03 bits per heavy atom. The van der Waals surface area contributed by atoms with E-state index >= 15 is 0 Å². The van der Waals surface area contributed by atoms with E-state index in [1.54, 1.807) is 12.4 Å². The van der Waals surface area contributed by atoms with Crippen LogP contribution in [0.4, 0.5) is 5.13 Å². The number of para-hydroxylation sites is 1. The number of nitrogens with zero attached hydrogens (tertiary/aromatic N) is 4. The van der Waals surface area contributed by atoms with Crippen LogP contribution in [0.15, 0.2) is 60.2 Å². The highest BCUT2D eigenvalue weighted by Gasteiger charge is 2.25. The fraction of sp³-hybridized carbons (Fsp3) is 0.217. The van der Waals surface area contributed by atoms with Gasteiger partial charge in [-0.3, -0.25) is 15.1 Å². The second-order valence-corrected chi connectivity index (χ2v) is 8.17. The largest absolute Gasteiger partial charge is 0.296 e. The molecule has 3 heterocycles. The molecule has 30 heavy (non-hydrogen) atoms. The van der Waals surface area contributed by atoms with Crippen LogP contribution >= 0.6 is 11.3 Å². The normalized spacial score (nSPS) is 13.5. The molecular formula is C23H21N5OS. The molecule has 1 aromatic carbocycles. The molecule has 1 amide bonds. The van der Waals surface area contributed by atoms with E-state index in [1.807, 2.05) is 52.5 Å². The van der Waals surface area contributed by atoms with E-state index in [4.69, 9.17) is 5.10 Å². The molecule has 1 aliphatic carbocycles. The molecule has 1 N–H and O–H groups in total. The molecule has 6 nitrogen and oxygen atoms in total. The molecule has 0 saturated carbocycles. The lowest BCUT2D eigenvalue weighted by Crippen LogP contribution is -2.15. The molecule has 0 bridgehead atoms. The van der Waals surface area contributed by atoms with Crippen molar-refractivity contribution in [1.29, 1.82) is 0 Å². The number of hydrogen-bond acceptors (Lipinski definition) is 5. The number of thiazole rings is 1. The zero-order valence-corrected chi connectivity index (χ0v) is 17.2. The standard InChI is InChI=1S/C23H21N5OS/c29-22(26-23-25-19(15-30-23)16-8-7-13-24-14-16)21-18-11-5-2-6-12-20(18)28(27-21)17-9-3-1-4-10-17/h1,3-4,7-10,13-15H,2,5-6,11-12H2,(H,25,26,29). The van der Waals surface area contributed by atoms with E-state index in [2.05, 4.69) is 15.3 Å². The number of hydrogen-bond donors (Lipinski definition) is 1. The molecule has 0 radical (unpaired) electrons. The summed E-state index contributed by atoms with van der Waals surface area (Å²) < 4.78 is 1.94. The number of aromatic nitrogens is 4. The van der Waals surface area contributed by atoms with E-state index in [9.17, 15) is 4.79 Å². The third-order valence-electron chi connectivity index (χ3n) is 5.33. The Balaban J connectivity index is 1.46. The van der Waals surface area contributed by atoms with Crippen LogP contribution in [0.3, 0.4) is 0 Å². The summed E-state index contributed by atoms with van der Waals surface area (Å²) in [4.78, 5) is 21.8. The van der Waals surface area contributed by atoms with Crippen LogP contribution < -0.4 is 5.32 Å². The van der Waals surface area contributed by atoms with Crippen LogP contribution in [0, 0.1) is 0 Å². The minimum Gasteiger partial charge on any atom is -0.296 e. The van der Waals surface area contributed by atoms with E-state index in [0.717, 1.165) is 53.9 Å². The molecule has 150 valence electrons. The molecular weight excluding hydrogens is 394 g/mol. The van der Waals surface area contributed by atoms with E-state index in [0.29, 0.717) is 10.8 Å². The van der Waals surface area contributed by atoms with E-state index in [1.165, 1.54) is 17.8 Å². The minimum atomic E-state index is -0.199. The fourth-order valence-corrected chi connectivity index (χ4v) is 4.59. The minimum absolute atomic E-state index is 0.199. The summed E-state index contributed by atoms with van der Waals surface area (Å²) in [6.45, 7) is 0. The SMILES string of the molecule is O=C(Nc1nc(-c2cccnc2)cs1)c1nn(-c2ccccc2)c2c1CCCCC2. The van der Waals surface area contributed by atoms with Crippen LogP contribution in [-0.4, -0.2) is 25.7 Å². The van der Waals surface area contributed by atoms with Crippen molar-refractivity contribution in [3.63, 3.8) is 0 Å². The fourth-order valence-electron chi connectivity index (χ4n) is 3.88. The molecule has 4 aromatic rings. The number of benzene rings is 1. The molecule has 0 atom stereocenters. The summed E-state index contributed by atoms with van der Waals surface area (Å²) in [6.07, 6.45) is 8.68. The zero-order valence-electron chi connectivity index (χ0n) is 16.4. The van der Waals surface area contributed by atoms with Gasteiger partial charge in [0.15, 0.2) is 10.8 Å². The van der Waals surface area contributed by atoms with Gasteiger partial charge in [-0.05, 0) is 49.9 Å². The van der Waals surface area contributed by atoms with Gasteiger partial charge in [-0.2, -0.15) is 5.10 Å². The summed E-state index contributed by atoms with van der Waals surface area (Å²) in [5, 5.41) is 10.2. The maximum Gasteiger partial charge on any atom is 0.278 e. The monoisotopic (exact) mass is 415 g/mol. The highest BCUT2D eigenvalue weighted by Crippen LogP contribution is 2.28. The van der Waals surface area contributed by atoms with Crippen LogP contribution in [-0.2, 0) is 12.8 Å². The molecule has 0 aliphatic heterocycles. The van der Waals surface area contributed by atoms with Gasteiger partial charge in [0.05, 0.1) is 11.4 Å². The molecule has 3 aromatic heterocycles. The smallest absolute Gasteiger partial charge is 0.278 e. The number of amides is 1. The summed E-state index contributed by atoms with van der Waals surface area (Å²) in [6, 6.07) is 13.9. The van der Waals surface area contributed by atoms with Gasteiger partial charge in [0.25, 0.3) is 5.91 Å². The van der Waals surface area contributed by atoms with Gasteiger partial charge in [0.1, 0.15) is 0 Å². The van der Waals surface area contributed by atoms with Crippen molar-refractivity contribution in [3.05, 3.63) is 77.2 Å². The van der Waals surface area contributed by atoms with Crippen LogP contribution in [0.2, 0.25) is 0 Å². The molecule has 0 unspecified atom stereocenters. The van der Waals surface area contributed by atoms with E-state index < -0.39 is 0 Å². The first-order valence-electron chi connectivity index (χ1n) is 10.1. The van der Waals surface area contributed by atoms with Gasteiger partial charge in [-0.15, -0.1) is 11.3 Å². The first-order valence-corrected chi connectivity index (χ1v) is 11.0. The lowest BCUT2D eigenvalue weighted by molar-refractivity contribution is 0.102. The van der Waals surface area contributed by atoms with Crippen molar-refractivity contribution in [1.82, 2.24) is 19.7 Å². The predicted molar refractivity (Wildman–Crippen MR) is 118 cm³/mol. The maximum absolute atomic E-state index is 13.2. The Bertz CT molecular complexity index is 1170. The number of carbonyl (C=O) groups is 1. The van der Waals surface area contributed by atoms with Crippen molar-refractivity contribution in [3.8, 4) is 16.9 Å². The van der Waals surface area contributed by atoms with Crippen molar-refractivity contribution in [2.75, 3.05) is 5.32 Å². The summed E-state index contributed by atoms with van der Waals surface area (Å²) in [7, 11) is 0. The number of fused-ring (bicyclic) bond motifs is 1. The third kappa shape index (κ3) is 3.64. The number of nitrogens with one attached hydrogen (secondary N) is 1. The second-order valence-electron chi connectivity index (χ2n) is 7.32. The maximum atomic E-state index is 13.2. The summed E-state index contributed by atoms with van der Waals surface area (Å²) in [5.41, 5.74) is 5.45. The van der Waals surface area contributed by atoms with Gasteiger partial charge in [0, 0.05) is 34.6 Å². The van der Waals surface area contributed by atoms with Crippen molar-refractivity contribution in [2.24, 2.45) is 0 Å². The highest BCUT2D eigenvalue weighted by molar-refractivity contribution is 7.14. The van der Waals surface area contributed by atoms with Crippen LogP contribution in [0.1, 0.15) is 41.0 Å². The first-order chi connectivity index (χ1) is 14.8. The first kappa shape index (κ1) is 18.7. The number of rotatable bonds is 4. The van der Waals surface area contributed by atoms with Crippen molar-refractivity contribution >= 4 is 22.4 Å². The summed E-state index contributed by atoms with van der Waals surface area (Å²) in [5.74, 6) is -0.199. The predicted octanol–water partition coefficient (Wildman–Crippen LogP) is 4.91. The Labute approximate surface area is 178 Å². The Morgan fingerprint density at radius 2 is 1.90 bits per heavy atom. The van der Waals surface area contributed by atoms with Crippen LogP contribution in [0.5, 0.6) is 0 Å². The molecule has 1 aliphatic rings. The highest BCUT2D eigenvalue weighted by atomic mass is 32.1. The van der Waals surface area contributed by atoms with Crippen LogP contribution in [0.25, 0.3) is 16.9 Å². The van der Waals surface area contributed by atoms with E-state index in [-0.39, 0.29) is 5.91 Å². The molecule has 0 fully saturated rings. The van der Waals surface area contributed by atoms with Crippen molar-refractivity contribution < 1.29 is 4.79 Å².